The Morgan fingerprint density at radius 1 is 0.949 bits per heavy atom. The maximum absolute atomic E-state index is 13.7. The molecule has 1 aromatic rings. The van der Waals surface area contributed by atoms with Crippen LogP contribution in [0.3, 0.4) is 0 Å². The molecule has 0 saturated carbocycles. The lowest BCUT2D eigenvalue weighted by atomic mass is 9.48. The van der Waals surface area contributed by atoms with Crippen molar-refractivity contribution < 1.29 is 14.6 Å². The smallest absolute Gasteiger partial charge is 0.309 e. The Morgan fingerprint density at radius 2 is 1.46 bits per heavy atom. The molecule has 0 heterocycles. The van der Waals surface area contributed by atoms with Crippen LogP contribution in [0.5, 0.6) is 0 Å². The highest BCUT2D eigenvalue weighted by atomic mass is 32.2. The lowest BCUT2D eigenvalue weighted by Crippen LogP contribution is -2.54. The van der Waals surface area contributed by atoms with E-state index in [1.54, 1.807) is 6.92 Å². The van der Waals surface area contributed by atoms with Crippen molar-refractivity contribution in [1.29, 1.82) is 10.5 Å². The van der Waals surface area contributed by atoms with Crippen molar-refractivity contribution in [3.05, 3.63) is 35.9 Å². The van der Waals surface area contributed by atoms with Gasteiger partial charge in [-0.1, -0.05) is 110 Å². The first-order chi connectivity index (χ1) is 17.5. The Hall–Kier alpha value is -1.93. The van der Waals surface area contributed by atoms with E-state index in [4.69, 9.17) is 17.0 Å². The molecule has 0 aromatic heterocycles. The van der Waals surface area contributed by atoms with Crippen molar-refractivity contribution in [3.8, 4) is 12.1 Å². The maximum Gasteiger partial charge on any atom is 0.309 e. The van der Waals surface area contributed by atoms with Crippen LogP contribution >= 0.6 is 24.0 Å². The average Bonchev–Trinajstić information content (AvgIpc) is 2.85. The summed E-state index contributed by atoms with van der Waals surface area (Å²) in [5.41, 5.74) is -2.27. The number of esters is 1. The summed E-state index contributed by atoms with van der Waals surface area (Å²) >= 11 is 7.14. The zero-order chi connectivity index (χ0) is 30.7. The Balaban J connectivity index is 3.59. The molecule has 0 spiro atoms. The van der Waals surface area contributed by atoms with E-state index in [2.05, 4.69) is 39.8 Å². The minimum absolute atomic E-state index is 0.103. The van der Waals surface area contributed by atoms with E-state index in [1.165, 1.54) is 11.8 Å². The summed E-state index contributed by atoms with van der Waals surface area (Å²) < 4.78 is 5.36. The summed E-state index contributed by atoms with van der Waals surface area (Å²) in [6.07, 6.45) is -0.380. The largest absolute Gasteiger partial charge is 0.463 e. The first-order valence-electron chi connectivity index (χ1n) is 13.5. The number of rotatable bonds is 12. The molecule has 216 valence electrons. The number of hydrogen-bond donors (Lipinski definition) is 1. The van der Waals surface area contributed by atoms with Gasteiger partial charge in [0.05, 0.1) is 33.8 Å². The van der Waals surface area contributed by atoms with Crippen molar-refractivity contribution in [2.75, 3.05) is 6.61 Å². The summed E-state index contributed by atoms with van der Waals surface area (Å²) in [5.74, 6) is -1.01. The van der Waals surface area contributed by atoms with E-state index in [0.717, 1.165) is 5.56 Å². The standard InChI is InChI=1S/C32H48N2O3S2/c1-22(35)19-37-25(36)24(29(6,7)30(8,9)28(4,5)20-33)18-27(2,3)31(10,11)32(12,21-34)39-26(38)23-16-14-13-15-17-23/h13-17,22,24,35H,18-19H2,1-12H3. The number of nitrogens with zero attached hydrogens (tertiary/aromatic N) is 2. The van der Waals surface area contributed by atoms with Gasteiger partial charge in [0.1, 0.15) is 11.4 Å². The number of thiocarbonyl (C=S) groups is 1. The van der Waals surface area contributed by atoms with Gasteiger partial charge < -0.3 is 9.84 Å². The third-order valence-electron chi connectivity index (χ3n) is 10.2. The normalized spacial score (nSPS) is 16.3. The molecule has 0 fully saturated rings. The number of nitriles is 2. The van der Waals surface area contributed by atoms with Gasteiger partial charge in [-0.25, -0.2) is 0 Å². The SMILES string of the molecule is CC(O)COC(=O)C(CC(C)(C)C(C)(C)C(C)(C#N)SC(=S)c1ccccc1)C(C)(C)C(C)(C)C(C)(C)C#N. The molecular weight excluding hydrogens is 524 g/mol. The highest BCUT2D eigenvalue weighted by Crippen LogP contribution is 2.61. The number of thioether (sulfide) groups is 1. The molecule has 0 amide bonds. The zero-order valence-corrected chi connectivity index (χ0v) is 27.6. The molecule has 0 radical (unpaired) electrons. The quantitative estimate of drug-likeness (QED) is 0.200. The van der Waals surface area contributed by atoms with Gasteiger partial charge in [0, 0.05) is 0 Å². The minimum Gasteiger partial charge on any atom is -0.463 e. The van der Waals surface area contributed by atoms with Crippen LogP contribution in [-0.2, 0) is 9.53 Å². The fourth-order valence-electron chi connectivity index (χ4n) is 4.84. The molecule has 3 unspecified atom stereocenters. The molecule has 3 atom stereocenters. The van der Waals surface area contributed by atoms with Crippen molar-refractivity contribution in [1.82, 2.24) is 0 Å². The summed E-state index contributed by atoms with van der Waals surface area (Å²) in [5, 5.41) is 30.3. The Morgan fingerprint density at radius 3 is 1.90 bits per heavy atom. The van der Waals surface area contributed by atoms with Crippen LogP contribution < -0.4 is 0 Å². The van der Waals surface area contributed by atoms with Crippen LogP contribution in [-0.4, -0.2) is 32.7 Å². The lowest BCUT2D eigenvalue weighted by molar-refractivity contribution is -0.166. The Labute approximate surface area is 246 Å². The molecule has 0 aliphatic heterocycles. The summed E-state index contributed by atoms with van der Waals surface area (Å²) in [4.78, 5) is 13.7. The van der Waals surface area contributed by atoms with Gasteiger partial charge in [-0.2, -0.15) is 10.5 Å². The fourth-order valence-corrected chi connectivity index (χ4v) is 6.68. The van der Waals surface area contributed by atoms with Gasteiger partial charge in [-0.05, 0) is 61.3 Å². The van der Waals surface area contributed by atoms with Crippen molar-refractivity contribution in [2.24, 2.45) is 33.0 Å². The molecule has 39 heavy (non-hydrogen) atoms. The summed E-state index contributed by atoms with van der Waals surface area (Å²) in [6, 6.07) is 14.7. The van der Waals surface area contributed by atoms with E-state index in [-0.39, 0.29) is 6.61 Å². The summed E-state index contributed by atoms with van der Waals surface area (Å²) in [7, 11) is 0. The minimum atomic E-state index is -0.914. The number of hydrogen-bond acceptors (Lipinski definition) is 7. The van der Waals surface area contributed by atoms with Gasteiger partial charge in [0.25, 0.3) is 0 Å². The van der Waals surface area contributed by atoms with Gasteiger partial charge in [-0.3, -0.25) is 4.79 Å². The van der Waals surface area contributed by atoms with Crippen LogP contribution in [0.2, 0.25) is 0 Å². The second kappa shape index (κ2) is 12.3. The molecule has 0 bridgehead atoms. The molecular formula is C32H48N2O3S2. The van der Waals surface area contributed by atoms with E-state index >= 15 is 0 Å². The van der Waals surface area contributed by atoms with E-state index < -0.39 is 49.8 Å². The number of carbonyl (C=O) groups is 1. The number of benzene rings is 1. The molecule has 5 nitrogen and oxygen atoms in total. The third kappa shape index (κ3) is 7.05. The van der Waals surface area contributed by atoms with Crippen molar-refractivity contribution in [2.45, 2.75) is 100 Å². The fraction of sp³-hybridized carbons (Fsp3) is 0.688. The molecule has 1 N–H and O–H groups in total. The number of aliphatic hydroxyl groups excluding tert-OH is 1. The second-order valence-corrected chi connectivity index (χ2v) is 15.8. The van der Waals surface area contributed by atoms with Gasteiger partial charge in [-0.15, -0.1) is 0 Å². The lowest BCUT2D eigenvalue weighted by Gasteiger charge is -2.56. The van der Waals surface area contributed by atoms with Crippen LogP contribution in [0.25, 0.3) is 0 Å². The average molecular weight is 573 g/mol. The van der Waals surface area contributed by atoms with Gasteiger partial charge >= 0.3 is 5.97 Å². The predicted octanol–water partition coefficient (Wildman–Crippen LogP) is 7.96. The van der Waals surface area contributed by atoms with Crippen LogP contribution in [0.4, 0.5) is 0 Å². The number of aliphatic hydroxyl groups is 1. The third-order valence-corrected chi connectivity index (χ3v) is 12.1. The summed E-state index contributed by atoms with van der Waals surface area (Å²) in [6.45, 7) is 23.6. The monoisotopic (exact) mass is 572 g/mol. The highest BCUT2D eigenvalue weighted by molar-refractivity contribution is 8.24. The van der Waals surface area contributed by atoms with Gasteiger partial charge in [0.2, 0.25) is 0 Å². The highest BCUT2D eigenvalue weighted by Gasteiger charge is 2.58. The van der Waals surface area contributed by atoms with Crippen LogP contribution in [0.1, 0.15) is 95.1 Å². The van der Waals surface area contributed by atoms with Crippen molar-refractivity contribution >= 4 is 34.1 Å². The first-order valence-corrected chi connectivity index (χ1v) is 14.7. The molecule has 1 rings (SSSR count). The Kier molecular flexibility index (Phi) is 11.1. The first kappa shape index (κ1) is 35.1. The second-order valence-electron chi connectivity index (χ2n) is 13.7. The zero-order valence-electron chi connectivity index (χ0n) is 25.9. The van der Waals surface area contributed by atoms with Gasteiger partial charge in [0.15, 0.2) is 0 Å². The predicted molar refractivity (Wildman–Crippen MR) is 165 cm³/mol. The molecule has 0 saturated heterocycles. The molecule has 1 aromatic carbocycles. The van der Waals surface area contributed by atoms with Crippen LogP contribution in [0, 0.1) is 55.7 Å². The van der Waals surface area contributed by atoms with E-state index in [0.29, 0.717) is 10.6 Å². The van der Waals surface area contributed by atoms with E-state index in [1.807, 2.05) is 78.8 Å². The van der Waals surface area contributed by atoms with E-state index in [9.17, 15) is 20.4 Å². The van der Waals surface area contributed by atoms with Crippen LogP contribution in [0.15, 0.2) is 30.3 Å². The molecule has 7 heteroatoms. The maximum atomic E-state index is 13.7. The van der Waals surface area contributed by atoms with Crippen molar-refractivity contribution in [3.63, 3.8) is 0 Å². The number of carbonyl (C=O) groups excluding carboxylic acids is 1. The molecule has 0 aliphatic rings. The topological polar surface area (TPSA) is 94.1 Å². The Bertz CT molecular complexity index is 1110. The number of ether oxygens (including phenoxy) is 1. The molecule has 0 aliphatic carbocycles.